The van der Waals surface area contributed by atoms with Crippen molar-refractivity contribution < 1.29 is 18.1 Å². The molecule has 3 rings (SSSR count). The van der Waals surface area contributed by atoms with Gasteiger partial charge in [-0.05, 0) is 36.4 Å². The minimum absolute atomic E-state index is 0.108. The van der Waals surface area contributed by atoms with Crippen molar-refractivity contribution in [3.63, 3.8) is 0 Å². The summed E-state index contributed by atoms with van der Waals surface area (Å²) in [5.74, 6) is 0.0519. The van der Waals surface area contributed by atoms with Crippen LogP contribution in [0.5, 0.6) is 0 Å². The van der Waals surface area contributed by atoms with Gasteiger partial charge in [0.1, 0.15) is 12.1 Å². The second-order valence-corrected chi connectivity index (χ2v) is 5.22. The van der Waals surface area contributed by atoms with E-state index in [0.29, 0.717) is 5.82 Å². The van der Waals surface area contributed by atoms with Crippen LogP contribution < -0.4 is 10.6 Å². The van der Waals surface area contributed by atoms with Crippen molar-refractivity contribution in [1.82, 2.24) is 15.0 Å². The summed E-state index contributed by atoms with van der Waals surface area (Å²) >= 11 is 0. The van der Waals surface area contributed by atoms with Crippen LogP contribution in [-0.4, -0.2) is 19.9 Å². The molecule has 138 valence electrons. The van der Waals surface area contributed by atoms with E-state index < -0.39 is 22.4 Å². The molecule has 0 saturated heterocycles. The van der Waals surface area contributed by atoms with Crippen molar-refractivity contribution in [3.8, 4) is 0 Å². The first kappa shape index (κ1) is 18.0. The Kier molecular flexibility index (Phi) is 4.83. The smallest absolute Gasteiger partial charge is 0.334 e. The highest BCUT2D eigenvalue weighted by Gasteiger charge is 2.30. The zero-order valence-corrected chi connectivity index (χ0v) is 13.4. The summed E-state index contributed by atoms with van der Waals surface area (Å²) in [6.07, 6.45) is -1.89. The van der Waals surface area contributed by atoms with Gasteiger partial charge in [-0.15, -0.1) is 0 Å². The van der Waals surface area contributed by atoms with Crippen molar-refractivity contribution in [1.29, 1.82) is 0 Å². The fraction of sp³-hybridized carbons (Fsp3) is 0.0625. The number of nitrogens with zero attached hydrogens (tertiary/aromatic N) is 4. The summed E-state index contributed by atoms with van der Waals surface area (Å²) in [6.45, 7) is 0. The van der Waals surface area contributed by atoms with Gasteiger partial charge < -0.3 is 10.6 Å². The van der Waals surface area contributed by atoms with Gasteiger partial charge in [0, 0.05) is 11.9 Å². The van der Waals surface area contributed by atoms with Crippen molar-refractivity contribution in [2.75, 3.05) is 10.6 Å². The molecule has 0 amide bonds. The number of alkyl halides is 3. The molecule has 2 heterocycles. The second-order valence-electron chi connectivity index (χ2n) is 5.22. The number of rotatable bonds is 5. The Morgan fingerprint density at radius 2 is 1.59 bits per heavy atom. The van der Waals surface area contributed by atoms with E-state index in [-0.39, 0.29) is 17.3 Å². The molecule has 8 nitrogen and oxygen atoms in total. The van der Waals surface area contributed by atoms with E-state index in [0.717, 1.165) is 30.6 Å². The lowest BCUT2D eigenvalue weighted by molar-refractivity contribution is -0.383. The third kappa shape index (κ3) is 4.26. The van der Waals surface area contributed by atoms with Crippen LogP contribution >= 0.6 is 0 Å². The predicted molar refractivity (Wildman–Crippen MR) is 90.9 cm³/mol. The summed E-state index contributed by atoms with van der Waals surface area (Å²) in [5.41, 5.74) is -1.10. The largest absolute Gasteiger partial charge is 0.416 e. The lowest BCUT2D eigenvalue weighted by Gasteiger charge is -2.11. The standard InChI is InChI=1S/C16H11F3N6O2/c17-16(18,19)10-4-6-11(7-5-10)23-14-13(25(26)27)15(22-9-21-14)24-12-3-1-2-8-20-12/h1-9H,(H2,20,21,22,23,24). The lowest BCUT2D eigenvalue weighted by atomic mass is 10.2. The summed E-state index contributed by atoms with van der Waals surface area (Å²) in [7, 11) is 0. The van der Waals surface area contributed by atoms with Crippen molar-refractivity contribution in [2.24, 2.45) is 0 Å². The first-order chi connectivity index (χ1) is 12.8. The number of hydrogen-bond donors (Lipinski definition) is 2. The molecule has 0 spiro atoms. The van der Waals surface area contributed by atoms with Gasteiger partial charge in [-0.2, -0.15) is 13.2 Å². The van der Waals surface area contributed by atoms with Crippen LogP contribution in [0.3, 0.4) is 0 Å². The molecule has 0 saturated carbocycles. The van der Waals surface area contributed by atoms with Gasteiger partial charge in [-0.1, -0.05) is 6.07 Å². The van der Waals surface area contributed by atoms with Gasteiger partial charge in [-0.3, -0.25) is 10.1 Å². The highest BCUT2D eigenvalue weighted by atomic mass is 19.4. The van der Waals surface area contributed by atoms with Crippen LogP contribution in [0.4, 0.5) is 42.0 Å². The molecular formula is C16H11F3N6O2. The predicted octanol–water partition coefficient (Wildman–Crippen LogP) is 4.29. The second kappa shape index (κ2) is 7.23. The van der Waals surface area contributed by atoms with Gasteiger partial charge in [0.05, 0.1) is 10.5 Å². The molecular weight excluding hydrogens is 365 g/mol. The van der Waals surface area contributed by atoms with Crippen LogP contribution in [0.15, 0.2) is 55.0 Å². The molecule has 11 heteroatoms. The Bertz CT molecular complexity index is 949. The molecule has 1 aromatic carbocycles. The molecule has 3 aromatic rings. The first-order valence-electron chi connectivity index (χ1n) is 7.46. The molecule has 0 unspecified atom stereocenters. The molecule has 0 aliphatic rings. The van der Waals surface area contributed by atoms with Crippen LogP contribution in [0.1, 0.15) is 5.56 Å². The van der Waals surface area contributed by atoms with E-state index in [9.17, 15) is 23.3 Å². The van der Waals surface area contributed by atoms with Crippen LogP contribution in [0.2, 0.25) is 0 Å². The van der Waals surface area contributed by atoms with Gasteiger partial charge >= 0.3 is 11.9 Å². The number of nitrogens with one attached hydrogen (secondary N) is 2. The molecule has 0 bridgehead atoms. The third-order valence-electron chi connectivity index (χ3n) is 3.39. The van der Waals surface area contributed by atoms with Gasteiger partial charge in [0.2, 0.25) is 11.6 Å². The van der Waals surface area contributed by atoms with E-state index in [4.69, 9.17) is 0 Å². The van der Waals surface area contributed by atoms with Crippen molar-refractivity contribution in [2.45, 2.75) is 6.18 Å². The molecule has 0 aliphatic carbocycles. The minimum Gasteiger partial charge on any atom is -0.334 e. The summed E-state index contributed by atoms with van der Waals surface area (Å²) in [6, 6.07) is 8.99. The van der Waals surface area contributed by atoms with E-state index in [2.05, 4.69) is 25.6 Å². The first-order valence-corrected chi connectivity index (χ1v) is 7.46. The summed E-state index contributed by atoms with van der Waals surface area (Å²) in [5, 5.41) is 16.8. The van der Waals surface area contributed by atoms with E-state index >= 15 is 0 Å². The molecule has 27 heavy (non-hydrogen) atoms. The quantitative estimate of drug-likeness (QED) is 0.505. The van der Waals surface area contributed by atoms with E-state index in [1.807, 2.05) is 0 Å². The zero-order chi connectivity index (χ0) is 19.4. The molecule has 0 atom stereocenters. The zero-order valence-electron chi connectivity index (χ0n) is 13.4. The Labute approximate surface area is 150 Å². The Morgan fingerprint density at radius 3 is 2.15 bits per heavy atom. The maximum Gasteiger partial charge on any atom is 0.416 e. The monoisotopic (exact) mass is 376 g/mol. The van der Waals surface area contributed by atoms with Crippen molar-refractivity contribution >= 4 is 28.8 Å². The van der Waals surface area contributed by atoms with Crippen LogP contribution in [0.25, 0.3) is 0 Å². The normalized spacial score (nSPS) is 11.1. The molecule has 2 aromatic heterocycles. The number of hydrogen-bond acceptors (Lipinski definition) is 7. The number of aromatic nitrogens is 3. The topological polar surface area (TPSA) is 106 Å². The lowest BCUT2D eigenvalue weighted by Crippen LogP contribution is -2.07. The number of anilines is 4. The molecule has 2 N–H and O–H groups in total. The maximum atomic E-state index is 12.6. The van der Waals surface area contributed by atoms with Crippen LogP contribution in [0, 0.1) is 10.1 Å². The van der Waals surface area contributed by atoms with Gasteiger partial charge in [-0.25, -0.2) is 15.0 Å². The minimum atomic E-state index is -4.47. The van der Waals surface area contributed by atoms with Gasteiger partial charge in [0.25, 0.3) is 0 Å². The summed E-state index contributed by atoms with van der Waals surface area (Å²) in [4.78, 5) is 22.5. The summed E-state index contributed by atoms with van der Waals surface area (Å²) < 4.78 is 37.9. The average molecular weight is 376 g/mol. The Morgan fingerprint density at radius 1 is 0.926 bits per heavy atom. The fourth-order valence-corrected chi connectivity index (χ4v) is 2.17. The van der Waals surface area contributed by atoms with E-state index in [1.54, 1.807) is 18.2 Å². The van der Waals surface area contributed by atoms with Gasteiger partial charge in [0.15, 0.2) is 0 Å². The number of nitro groups is 1. The average Bonchev–Trinajstić information content (AvgIpc) is 2.62. The highest BCUT2D eigenvalue weighted by Crippen LogP contribution is 2.34. The number of pyridine rings is 1. The van der Waals surface area contributed by atoms with Crippen LogP contribution in [-0.2, 0) is 6.18 Å². The SMILES string of the molecule is O=[N+]([O-])c1c(Nc2ccc(C(F)(F)F)cc2)ncnc1Nc1ccccn1. The highest BCUT2D eigenvalue weighted by molar-refractivity contribution is 5.76. The molecule has 0 radical (unpaired) electrons. The number of halogens is 3. The molecule has 0 aliphatic heterocycles. The Balaban J connectivity index is 1.91. The Hall–Kier alpha value is -3.76. The maximum absolute atomic E-state index is 12.6. The fourth-order valence-electron chi connectivity index (χ4n) is 2.17. The van der Waals surface area contributed by atoms with E-state index in [1.165, 1.54) is 6.20 Å². The third-order valence-corrected chi connectivity index (χ3v) is 3.39. The van der Waals surface area contributed by atoms with Crippen molar-refractivity contribution in [3.05, 3.63) is 70.7 Å². The number of benzene rings is 1. The molecule has 0 fully saturated rings.